The van der Waals surface area contributed by atoms with Crippen LogP contribution in [0.4, 0.5) is 17.1 Å². The second kappa shape index (κ2) is 14.1. The normalized spacial score (nSPS) is 11.4. The van der Waals surface area contributed by atoms with Crippen molar-refractivity contribution in [3.8, 4) is 39.1 Å². The topological polar surface area (TPSA) is 8.17 Å². The lowest BCUT2D eigenvalue weighted by Gasteiger charge is -2.29. The Labute approximate surface area is 338 Å². The lowest BCUT2D eigenvalue weighted by Crippen LogP contribution is -2.11. The molecular formula is C56H38N2. The molecule has 2 heteroatoms. The summed E-state index contributed by atoms with van der Waals surface area (Å²) >= 11 is 0. The molecule has 2 nitrogen and oxygen atoms in total. The van der Waals surface area contributed by atoms with Crippen molar-refractivity contribution in [3.05, 3.63) is 231 Å². The molecule has 0 unspecified atom stereocenters. The number of para-hydroxylation sites is 1. The van der Waals surface area contributed by atoms with Crippen LogP contribution in [0, 0.1) is 0 Å². The Morgan fingerprint density at radius 1 is 0.276 bits per heavy atom. The van der Waals surface area contributed by atoms with Gasteiger partial charge in [-0.2, -0.15) is 0 Å². The zero-order valence-corrected chi connectivity index (χ0v) is 31.8. The average molecular weight is 739 g/mol. The summed E-state index contributed by atoms with van der Waals surface area (Å²) in [6, 6.07) is 83.6. The number of hydrogen-bond donors (Lipinski definition) is 0. The van der Waals surface area contributed by atoms with E-state index in [2.05, 4.69) is 240 Å². The van der Waals surface area contributed by atoms with Crippen LogP contribution in [0.1, 0.15) is 0 Å². The van der Waals surface area contributed by atoms with Crippen molar-refractivity contribution in [1.29, 1.82) is 0 Å². The van der Waals surface area contributed by atoms with E-state index in [0.717, 1.165) is 17.1 Å². The van der Waals surface area contributed by atoms with E-state index >= 15 is 0 Å². The molecule has 0 amide bonds. The van der Waals surface area contributed by atoms with E-state index in [0.29, 0.717) is 0 Å². The fraction of sp³-hybridized carbons (Fsp3) is 0. The Kier molecular flexibility index (Phi) is 8.19. The summed E-state index contributed by atoms with van der Waals surface area (Å²) in [5.41, 5.74) is 14.2. The molecule has 10 aromatic carbocycles. The van der Waals surface area contributed by atoms with Gasteiger partial charge in [-0.3, -0.25) is 0 Å². The summed E-state index contributed by atoms with van der Waals surface area (Å²) < 4.78 is 2.42. The maximum atomic E-state index is 2.44. The van der Waals surface area contributed by atoms with Gasteiger partial charge < -0.3 is 9.47 Å². The van der Waals surface area contributed by atoms with Crippen molar-refractivity contribution in [3.63, 3.8) is 0 Å². The van der Waals surface area contributed by atoms with Gasteiger partial charge in [-0.05, 0) is 105 Å². The van der Waals surface area contributed by atoms with Crippen LogP contribution in [0.3, 0.4) is 0 Å². The average Bonchev–Trinajstić information content (AvgIpc) is 3.63. The minimum atomic E-state index is 1.09. The zero-order valence-electron chi connectivity index (χ0n) is 31.8. The second-order valence-corrected chi connectivity index (χ2v) is 14.9. The van der Waals surface area contributed by atoms with Crippen LogP contribution in [0.25, 0.3) is 82.4 Å². The van der Waals surface area contributed by atoms with Gasteiger partial charge in [0.15, 0.2) is 0 Å². The van der Waals surface area contributed by atoms with Gasteiger partial charge in [0.05, 0.1) is 16.7 Å². The minimum Gasteiger partial charge on any atom is -0.309 e. The molecule has 0 bridgehead atoms. The molecule has 0 aliphatic carbocycles. The van der Waals surface area contributed by atoms with Crippen LogP contribution in [0.2, 0.25) is 0 Å². The molecule has 0 atom stereocenters. The number of hydrogen-bond acceptors (Lipinski definition) is 1. The summed E-state index contributed by atoms with van der Waals surface area (Å²) in [7, 11) is 0. The summed E-state index contributed by atoms with van der Waals surface area (Å²) in [6.45, 7) is 0. The van der Waals surface area contributed by atoms with Crippen molar-refractivity contribution in [1.82, 2.24) is 4.57 Å². The van der Waals surface area contributed by atoms with E-state index in [1.165, 1.54) is 82.4 Å². The third-order valence-corrected chi connectivity index (χ3v) is 11.5. The maximum absolute atomic E-state index is 2.44. The third-order valence-electron chi connectivity index (χ3n) is 11.5. The Bertz CT molecular complexity index is 3090. The SMILES string of the molecule is c1ccc(-c2ccc3c(c2)c2cc(-c4ccccc4)ccc2n3-c2ccc(N(c3ccccc3)c3c4ccccc4c(-c4ccccc4)c4ccccc34)cc2)cc1. The molecule has 0 spiro atoms. The van der Waals surface area contributed by atoms with Gasteiger partial charge in [0.25, 0.3) is 0 Å². The summed E-state index contributed by atoms with van der Waals surface area (Å²) in [6.07, 6.45) is 0. The first-order chi connectivity index (χ1) is 28.8. The first kappa shape index (κ1) is 33.6. The van der Waals surface area contributed by atoms with Gasteiger partial charge in [-0.1, -0.05) is 170 Å². The molecule has 0 N–H and O–H groups in total. The molecule has 11 aromatic rings. The van der Waals surface area contributed by atoms with E-state index in [-0.39, 0.29) is 0 Å². The highest BCUT2D eigenvalue weighted by molar-refractivity contribution is 6.22. The van der Waals surface area contributed by atoms with Gasteiger partial charge in [-0.15, -0.1) is 0 Å². The van der Waals surface area contributed by atoms with Gasteiger partial charge in [0, 0.05) is 38.6 Å². The molecule has 0 radical (unpaired) electrons. The molecule has 272 valence electrons. The number of nitrogens with zero attached hydrogens (tertiary/aromatic N) is 2. The van der Waals surface area contributed by atoms with Crippen LogP contribution in [0.5, 0.6) is 0 Å². The van der Waals surface area contributed by atoms with E-state index in [1.54, 1.807) is 0 Å². The van der Waals surface area contributed by atoms with Crippen LogP contribution >= 0.6 is 0 Å². The molecule has 1 aromatic heterocycles. The van der Waals surface area contributed by atoms with E-state index in [1.807, 2.05) is 0 Å². The van der Waals surface area contributed by atoms with Gasteiger partial charge >= 0.3 is 0 Å². The van der Waals surface area contributed by atoms with Gasteiger partial charge in [0.2, 0.25) is 0 Å². The Morgan fingerprint density at radius 2 is 0.672 bits per heavy atom. The summed E-state index contributed by atoms with van der Waals surface area (Å²) in [5, 5.41) is 7.35. The van der Waals surface area contributed by atoms with Crippen LogP contribution in [-0.4, -0.2) is 4.57 Å². The number of aromatic nitrogens is 1. The summed E-state index contributed by atoms with van der Waals surface area (Å²) in [5.74, 6) is 0. The molecule has 11 rings (SSSR count). The molecule has 58 heavy (non-hydrogen) atoms. The molecule has 0 saturated carbocycles. The van der Waals surface area contributed by atoms with Gasteiger partial charge in [0.1, 0.15) is 0 Å². The van der Waals surface area contributed by atoms with E-state index < -0.39 is 0 Å². The minimum absolute atomic E-state index is 1.09. The molecule has 1 heterocycles. The molecule has 0 aliphatic heterocycles. The smallest absolute Gasteiger partial charge is 0.0618 e. The van der Waals surface area contributed by atoms with Crippen LogP contribution in [0.15, 0.2) is 231 Å². The van der Waals surface area contributed by atoms with E-state index in [4.69, 9.17) is 0 Å². The van der Waals surface area contributed by atoms with Crippen LogP contribution in [-0.2, 0) is 0 Å². The highest BCUT2D eigenvalue weighted by Gasteiger charge is 2.22. The largest absolute Gasteiger partial charge is 0.309 e. The van der Waals surface area contributed by atoms with Gasteiger partial charge in [-0.25, -0.2) is 0 Å². The Hall–Kier alpha value is -7.68. The van der Waals surface area contributed by atoms with E-state index in [9.17, 15) is 0 Å². The van der Waals surface area contributed by atoms with Crippen molar-refractivity contribution in [2.45, 2.75) is 0 Å². The number of anilines is 3. The number of rotatable bonds is 7. The first-order valence-corrected chi connectivity index (χ1v) is 19.9. The zero-order chi connectivity index (χ0) is 38.4. The highest BCUT2D eigenvalue weighted by Crippen LogP contribution is 2.48. The molecule has 0 fully saturated rings. The standard InChI is InChI=1S/C56H38N2/c1-5-17-39(18-6-1)42-29-35-53-51(37-42)52-38-43(40-19-7-2-8-20-40)30-36-54(52)58(53)46-33-31-45(32-34-46)57(44-23-11-4-12-24-44)56-49-27-15-13-25-47(49)55(41-21-9-3-10-22-41)48-26-14-16-28-50(48)56/h1-38H. The summed E-state index contributed by atoms with van der Waals surface area (Å²) in [4.78, 5) is 2.44. The predicted octanol–water partition coefficient (Wildman–Crippen LogP) is 15.6. The fourth-order valence-electron chi connectivity index (χ4n) is 8.92. The predicted molar refractivity (Wildman–Crippen MR) is 247 cm³/mol. The van der Waals surface area contributed by atoms with Crippen molar-refractivity contribution in [2.24, 2.45) is 0 Å². The highest BCUT2D eigenvalue weighted by atomic mass is 15.1. The molecular weight excluding hydrogens is 701 g/mol. The lowest BCUT2D eigenvalue weighted by molar-refractivity contribution is 1.17. The Morgan fingerprint density at radius 3 is 1.16 bits per heavy atom. The van der Waals surface area contributed by atoms with Crippen molar-refractivity contribution in [2.75, 3.05) is 4.90 Å². The maximum Gasteiger partial charge on any atom is 0.0618 e. The Balaban J connectivity index is 1.11. The monoisotopic (exact) mass is 738 g/mol. The quantitative estimate of drug-likeness (QED) is 0.148. The molecule has 0 aliphatic rings. The number of fused-ring (bicyclic) bond motifs is 5. The first-order valence-electron chi connectivity index (χ1n) is 19.9. The molecule has 0 saturated heterocycles. The second-order valence-electron chi connectivity index (χ2n) is 14.9. The number of benzene rings is 10. The van der Waals surface area contributed by atoms with Crippen molar-refractivity contribution < 1.29 is 0 Å². The van der Waals surface area contributed by atoms with Crippen LogP contribution < -0.4 is 4.90 Å². The van der Waals surface area contributed by atoms with Crippen molar-refractivity contribution >= 4 is 60.4 Å². The lowest BCUT2D eigenvalue weighted by atomic mass is 9.90. The fourth-order valence-corrected chi connectivity index (χ4v) is 8.92. The third kappa shape index (κ3) is 5.66.